The van der Waals surface area contributed by atoms with Crippen LogP contribution in [0.1, 0.15) is 22.2 Å². The van der Waals surface area contributed by atoms with Crippen molar-refractivity contribution in [3.05, 3.63) is 56.9 Å². The van der Waals surface area contributed by atoms with E-state index < -0.39 is 0 Å². The standard InChI is InChI=1S/C14H13ClN2OS/c1-8-2-3-10-9(6-8)7-11(18-10)14(17-16)12-4-5-13(15)19-12/h2-7,14,17H,16H2,1H3. The zero-order chi connectivity index (χ0) is 13.4. The normalized spacial score (nSPS) is 13.0. The Balaban J connectivity index is 2.06. The minimum atomic E-state index is -0.176. The Hall–Kier alpha value is -1.33. The summed E-state index contributed by atoms with van der Waals surface area (Å²) in [7, 11) is 0. The van der Waals surface area contributed by atoms with Gasteiger partial charge in [-0.25, -0.2) is 5.43 Å². The number of benzene rings is 1. The molecule has 3 N–H and O–H groups in total. The zero-order valence-electron chi connectivity index (χ0n) is 10.3. The van der Waals surface area contributed by atoms with Gasteiger partial charge < -0.3 is 4.42 Å². The van der Waals surface area contributed by atoms with Gasteiger partial charge in [0.2, 0.25) is 0 Å². The van der Waals surface area contributed by atoms with Crippen molar-refractivity contribution in [3.8, 4) is 0 Å². The summed E-state index contributed by atoms with van der Waals surface area (Å²) in [5, 5.41) is 1.08. The largest absolute Gasteiger partial charge is 0.459 e. The molecule has 2 heterocycles. The van der Waals surface area contributed by atoms with Crippen LogP contribution >= 0.6 is 22.9 Å². The van der Waals surface area contributed by atoms with Gasteiger partial charge in [-0.3, -0.25) is 5.84 Å². The van der Waals surface area contributed by atoms with Crippen LogP contribution in [0.15, 0.2) is 40.8 Å². The van der Waals surface area contributed by atoms with Crippen molar-refractivity contribution in [2.45, 2.75) is 13.0 Å². The number of thiophene rings is 1. The number of halogens is 1. The van der Waals surface area contributed by atoms with E-state index in [9.17, 15) is 0 Å². The number of nitrogens with two attached hydrogens (primary N) is 1. The van der Waals surface area contributed by atoms with E-state index in [1.165, 1.54) is 16.9 Å². The molecule has 0 saturated heterocycles. The van der Waals surface area contributed by atoms with Gasteiger partial charge in [0.05, 0.1) is 4.34 Å². The number of aryl methyl sites for hydroxylation is 1. The molecule has 0 aliphatic heterocycles. The molecule has 0 bridgehead atoms. The second-order valence-electron chi connectivity index (χ2n) is 4.43. The summed E-state index contributed by atoms with van der Waals surface area (Å²) in [6.07, 6.45) is 0. The van der Waals surface area contributed by atoms with Crippen LogP contribution in [0.4, 0.5) is 0 Å². The van der Waals surface area contributed by atoms with E-state index in [1.54, 1.807) is 0 Å². The third-order valence-corrected chi connectivity index (χ3v) is 4.32. The molecular weight excluding hydrogens is 280 g/mol. The maximum Gasteiger partial charge on any atom is 0.134 e. The molecule has 98 valence electrons. The minimum absolute atomic E-state index is 0.176. The summed E-state index contributed by atoms with van der Waals surface area (Å²) in [5.41, 5.74) is 4.85. The van der Waals surface area contributed by atoms with E-state index in [2.05, 4.69) is 18.4 Å². The van der Waals surface area contributed by atoms with Gasteiger partial charge in [0.1, 0.15) is 17.4 Å². The maximum absolute atomic E-state index is 5.97. The fourth-order valence-electron chi connectivity index (χ4n) is 2.11. The Morgan fingerprint density at radius 3 is 2.79 bits per heavy atom. The number of nitrogens with one attached hydrogen (secondary N) is 1. The molecule has 5 heteroatoms. The average Bonchev–Trinajstić information content (AvgIpc) is 2.96. The first kappa shape index (κ1) is 12.7. The Morgan fingerprint density at radius 1 is 1.26 bits per heavy atom. The maximum atomic E-state index is 5.97. The SMILES string of the molecule is Cc1ccc2oc(C(NN)c3ccc(Cl)s3)cc2c1. The monoisotopic (exact) mass is 292 g/mol. The van der Waals surface area contributed by atoms with E-state index in [1.807, 2.05) is 30.3 Å². The number of hydrogen-bond acceptors (Lipinski definition) is 4. The molecule has 2 aromatic heterocycles. The van der Waals surface area contributed by atoms with Crippen LogP contribution in [0.2, 0.25) is 4.34 Å². The molecule has 3 rings (SSSR count). The quantitative estimate of drug-likeness (QED) is 0.566. The van der Waals surface area contributed by atoms with Crippen molar-refractivity contribution in [3.63, 3.8) is 0 Å². The van der Waals surface area contributed by atoms with E-state index in [-0.39, 0.29) is 6.04 Å². The smallest absolute Gasteiger partial charge is 0.134 e. The van der Waals surface area contributed by atoms with E-state index in [4.69, 9.17) is 21.9 Å². The van der Waals surface area contributed by atoms with Crippen LogP contribution in [-0.2, 0) is 0 Å². The second kappa shape index (κ2) is 4.98. The van der Waals surface area contributed by atoms with Crippen molar-refractivity contribution >= 4 is 33.9 Å². The molecule has 3 aromatic rings. The van der Waals surface area contributed by atoms with Crippen LogP contribution in [0.3, 0.4) is 0 Å². The number of fused-ring (bicyclic) bond motifs is 1. The average molecular weight is 293 g/mol. The first-order valence-corrected chi connectivity index (χ1v) is 7.08. The molecule has 0 aliphatic carbocycles. The fourth-order valence-corrected chi connectivity index (χ4v) is 3.24. The summed E-state index contributed by atoms with van der Waals surface area (Å²) in [4.78, 5) is 1.03. The Kier molecular flexibility index (Phi) is 3.33. The van der Waals surface area contributed by atoms with Crippen LogP contribution in [-0.4, -0.2) is 0 Å². The molecule has 1 aromatic carbocycles. The zero-order valence-corrected chi connectivity index (χ0v) is 11.9. The highest BCUT2D eigenvalue weighted by Gasteiger charge is 2.19. The van der Waals surface area contributed by atoms with Gasteiger partial charge in [-0.05, 0) is 37.3 Å². The molecule has 19 heavy (non-hydrogen) atoms. The van der Waals surface area contributed by atoms with Crippen LogP contribution in [0.5, 0.6) is 0 Å². The molecule has 0 spiro atoms. The molecule has 0 aliphatic rings. The topological polar surface area (TPSA) is 51.2 Å². The van der Waals surface area contributed by atoms with Crippen LogP contribution in [0.25, 0.3) is 11.0 Å². The molecule has 1 atom stereocenters. The Bertz CT molecular complexity index is 719. The molecule has 0 fully saturated rings. The van der Waals surface area contributed by atoms with E-state index in [0.717, 1.165) is 25.9 Å². The summed E-state index contributed by atoms with van der Waals surface area (Å²) in [5.74, 6) is 6.44. The van der Waals surface area contributed by atoms with Crippen molar-refractivity contribution in [1.29, 1.82) is 0 Å². The number of rotatable bonds is 3. The third-order valence-electron chi connectivity index (χ3n) is 3.02. The Labute approximate surface area is 119 Å². The summed E-state index contributed by atoms with van der Waals surface area (Å²) in [6.45, 7) is 2.06. The molecule has 3 nitrogen and oxygen atoms in total. The number of hydrazine groups is 1. The van der Waals surface area contributed by atoms with Gasteiger partial charge in [-0.15, -0.1) is 11.3 Å². The number of furan rings is 1. The van der Waals surface area contributed by atoms with Crippen LogP contribution in [0, 0.1) is 6.92 Å². The van der Waals surface area contributed by atoms with Gasteiger partial charge in [0, 0.05) is 10.3 Å². The lowest BCUT2D eigenvalue weighted by atomic mass is 10.1. The van der Waals surface area contributed by atoms with Crippen molar-refractivity contribution < 1.29 is 4.42 Å². The first-order valence-electron chi connectivity index (χ1n) is 5.89. The van der Waals surface area contributed by atoms with Gasteiger partial charge in [-0.2, -0.15) is 0 Å². The van der Waals surface area contributed by atoms with Gasteiger partial charge in [-0.1, -0.05) is 23.2 Å². The van der Waals surface area contributed by atoms with Crippen LogP contribution < -0.4 is 11.3 Å². The van der Waals surface area contributed by atoms with Crippen molar-refractivity contribution in [2.75, 3.05) is 0 Å². The highest BCUT2D eigenvalue weighted by atomic mass is 35.5. The predicted octanol–water partition coefficient (Wildman–Crippen LogP) is 4.01. The molecular formula is C14H13ClN2OS. The highest BCUT2D eigenvalue weighted by molar-refractivity contribution is 7.16. The predicted molar refractivity (Wildman–Crippen MR) is 79.4 cm³/mol. The fraction of sp³-hybridized carbons (Fsp3) is 0.143. The molecule has 0 radical (unpaired) electrons. The van der Waals surface area contributed by atoms with Crippen molar-refractivity contribution in [2.24, 2.45) is 5.84 Å². The van der Waals surface area contributed by atoms with Gasteiger partial charge >= 0.3 is 0 Å². The summed E-state index contributed by atoms with van der Waals surface area (Å²) < 4.78 is 6.60. The van der Waals surface area contributed by atoms with Gasteiger partial charge in [0.15, 0.2) is 0 Å². The van der Waals surface area contributed by atoms with E-state index >= 15 is 0 Å². The third kappa shape index (κ3) is 2.40. The summed E-state index contributed by atoms with van der Waals surface area (Å²) in [6, 6.07) is 11.8. The van der Waals surface area contributed by atoms with Gasteiger partial charge in [0.25, 0.3) is 0 Å². The summed E-state index contributed by atoms with van der Waals surface area (Å²) >= 11 is 7.46. The lowest BCUT2D eigenvalue weighted by molar-refractivity contribution is 0.481. The molecule has 0 amide bonds. The lowest BCUT2D eigenvalue weighted by Gasteiger charge is -2.10. The van der Waals surface area contributed by atoms with E-state index in [0.29, 0.717) is 0 Å². The minimum Gasteiger partial charge on any atom is -0.459 e. The highest BCUT2D eigenvalue weighted by Crippen LogP contribution is 2.33. The number of hydrogen-bond donors (Lipinski definition) is 2. The molecule has 0 saturated carbocycles. The lowest BCUT2D eigenvalue weighted by Crippen LogP contribution is -2.27. The van der Waals surface area contributed by atoms with Crippen molar-refractivity contribution in [1.82, 2.24) is 5.43 Å². The molecule has 1 unspecified atom stereocenters. The Morgan fingerprint density at radius 2 is 2.11 bits per heavy atom. The first-order chi connectivity index (χ1) is 9.17. The second-order valence-corrected chi connectivity index (χ2v) is 6.18.